The van der Waals surface area contributed by atoms with Gasteiger partial charge in [0.25, 0.3) is 5.91 Å². The molecule has 110 valence electrons. The van der Waals surface area contributed by atoms with Gasteiger partial charge in [0.15, 0.2) is 0 Å². The smallest absolute Gasteiger partial charge is 0.291 e. The highest BCUT2D eigenvalue weighted by molar-refractivity contribution is 5.90. The number of piperazine rings is 1. The lowest BCUT2D eigenvalue weighted by molar-refractivity contribution is 0.0931. The maximum Gasteiger partial charge on any atom is 0.291 e. The van der Waals surface area contributed by atoms with E-state index in [9.17, 15) is 4.79 Å². The molecule has 2 N–H and O–H groups in total. The van der Waals surface area contributed by atoms with Crippen LogP contribution in [0.4, 0.5) is 0 Å². The Balaban J connectivity index is 1.40. The molecular weight excluding hydrogens is 256 g/mol. The number of rotatable bonds is 5. The molecule has 2 fully saturated rings. The molecule has 1 aliphatic heterocycles. The Morgan fingerprint density at radius 3 is 2.80 bits per heavy atom. The number of nitrogens with one attached hydrogen (secondary N) is 2. The van der Waals surface area contributed by atoms with E-state index >= 15 is 0 Å². The second kappa shape index (κ2) is 5.88. The quantitative estimate of drug-likeness (QED) is 0.770. The fourth-order valence-corrected chi connectivity index (χ4v) is 2.39. The molecule has 0 aromatic carbocycles. The standard InChI is InChI=1S/C13H22N6O/c1-18-6-8-19(9-7-18)5-4-14-13(20)12-15-11(16-17-12)10-2-3-10/h10H,2-9H2,1H3,(H,14,20)(H,15,16,17). The monoisotopic (exact) mass is 278 g/mol. The predicted molar refractivity (Wildman–Crippen MR) is 74.6 cm³/mol. The summed E-state index contributed by atoms with van der Waals surface area (Å²) in [5.41, 5.74) is 0. The fraction of sp³-hybridized carbons (Fsp3) is 0.769. The lowest BCUT2D eigenvalue weighted by Gasteiger charge is -2.32. The average molecular weight is 278 g/mol. The number of aromatic amines is 1. The van der Waals surface area contributed by atoms with E-state index in [1.807, 2.05) is 0 Å². The van der Waals surface area contributed by atoms with Crippen molar-refractivity contribution < 1.29 is 4.79 Å². The summed E-state index contributed by atoms with van der Waals surface area (Å²) in [4.78, 5) is 20.9. The van der Waals surface area contributed by atoms with Crippen LogP contribution in [0.5, 0.6) is 0 Å². The van der Waals surface area contributed by atoms with Crippen molar-refractivity contribution in [3.8, 4) is 0 Å². The molecule has 7 heteroatoms. The summed E-state index contributed by atoms with van der Waals surface area (Å²) in [5, 5.41) is 9.73. The lowest BCUT2D eigenvalue weighted by Crippen LogP contribution is -2.47. The number of nitrogens with zero attached hydrogens (tertiary/aromatic N) is 4. The molecule has 0 unspecified atom stereocenters. The van der Waals surface area contributed by atoms with E-state index < -0.39 is 0 Å². The number of aromatic nitrogens is 3. The van der Waals surface area contributed by atoms with Gasteiger partial charge in [-0.2, -0.15) is 0 Å². The molecule has 1 aliphatic carbocycles. The maximum atomic E-state index is 11.9. The van der Waals surface area contributed by atoms with E-state index in [0.29, 0.717) is 12.5 Å². The van der Waals surface area contributed by atoms with E-state index in [4.69, 9.17) is 0 Å². The Morgan fingerprint density at radius 1 is 1.35 bits per heavy atom. The van der Waals surface area contributed by atoms with Crippen LogP contribution in [-0.2, 0) is 0 Å². The molecule has 1 saturated heterocycles. The van der Waals surface area contributed by atoms with Gasteiger partial charge < -0.3 is 10.2 Å². The summed E-state index contributed by atoms with van der Waals surface area (Å²) in [6.45, 7) is 5.87. The van der Waals surface area contributed by atoms with Gasteiger partial charge in [0.2, 0.25) is 5.82 Å². The summed E-state index contributed by atoms with van der Waals surface area (Å²) in [5.74, 6) is 1.44. The van der Waals surface area contributed by atoms with Gasteiger partial charge in [-0.3, -0.25) is 14.8 Å². The number of H-pyrrole nitrogens is 1. The van der Waals surface area contributed by atoms with Crippen LogP contribution in [0.3, 0.4) is 0 Å². The first-order valence-electron chi connectivity index (χ1n) is 7.34. The number of amides is 1. The molecule has 0 spiro atoms. The summed E-state index contributed by atoms with van der Waals surface area (Å²) in [6.07, 6.45) is 2.30. The number of hydrogen-bond donors (Lipinski definition) is 2. The third-order valence-corrected chi connectivity index (χ3v) is 3.98. The Kier molecular flexibility index (Phi) is 3.98. The van der Waals surface area contributed by atoms with Crippen LogP contribution in [-0.4, -0.2) is 77.2 Å². The van der Waals surface area contributed by atoms with Crippen molar-refractivity contribution in [2.45, 2.75) is 18.8 Å². The molecule has 20 heavy (non-hydrogen) atoms. The van der Waals surface area contributed by atoms with E-state index in [1.165, 1.54) is 0 Å². The molecule has 2 aliphatic rings. The molecule has 2 heterocycles. The van der Waals surface area contributed by atoms with E-state index in [1.54, 1.807) is 0 Å². The predicted octanol–water partition coefficient (Wildman–Crippen LogP) is -0.341. The zero-order chi connectivity index (χ0) is 13.9. The van der Waals surface area contributed by atoms with Gasteiger partial charge >= 0.3 is 0 Å². The Morgan fingerprint density at radius 2 is 2.10 bits per heavy atom. The minimum atomic E-state index is -0.178. The van der Waals surface area contributed by atoms with Crippen LogP contribution < -0.4 is 5.32 Å². The second-order valence-electron chi connectivity index (χ2n) is 5.72. The summed E-state index contributed by atoms with van der Waals surface area (Å²) in [7, 11) is 2.14. The Hall–Kier alpha value is -1.47. The van der Waals surface area contributed by atoms with Gasteiger partial charge in [-0.15, -0.1) is 5.10 Å². The lowest BCUT2D eigenvalue weighted by atomic mass is 10.3. The Labute approximate surface area is 118 Å². The molecule has 0 radical (unpaired) electrons. The second-order valence-corrected chi connectivity index (χ2v) is 5.72. The first kappa shape index (κ1) is 13.5. The molecule has 0 bridgehead atoms. The largest absolute Gasteiger partial charge is 0.348 e. The molecular formula is C13H22N6O. The topological polar surface area (TPSA) is 77.1 Å². The van der Waals surface area contributed by atoms with E-state index in [-0.39, 0.29) is 11.7 Å². The number of carbonyl (C=O) groups excluding carboxylic acids is 1. The zero-order valence-electron chi connectivity index (χ0n) is 11.9. The van der Waals surface area contributed by atoms with Crippen molar-refractivity contribution in [2.75, 3.05) is 46.3 Å². The minimum Gasteiger partial charge on any atom is -0.348 e. The van der Waals surface area contributed by atoms with Gasteiger partial charge in [0, 0.05) is 45.2 Å². The molecule has 1 aromatic rings. The summed E-state index contributed by atoms with van der Waals surface area (Å²) >= 11 is 0. The minimum absolute atomic E-state index is 0.178. The van der Waals surface area contributed by atoms with Crippen LogP contribution in [0.25, 0.3) is 0 Å². The van der Waals surface area contributed by atoms with Crippen molar-refractivity contribution in [2.24, 2.45) is 0 Å². The zero-order valence-corrected chi connectivity index (χ0v) is 11.9. The highest BCUT2D eigenvalue weighted by Crippen LogP contribution is 2.37. The first-order valence-corrected chi connectivity index (χ1v) is 7.34. The van der Waals surface area contributed by atoms with E-state index in [2.05, 4.69) is 37.3 Å². The van der Waals surface area contributed by atoms with E-state index in [0.717, 1.165) is 51.4 Å². The van der Waals surface area contributed by atoms with Crippen molar-refractivity contribution in [1.29, 1.82) is 0 Å². The summed E-state index contributed by atoms with van der Waals surface area (Å²) in [6, 6.07) is 0. The maximum absolute atomic E-state index is 11.9. The van der Waals surface area contributed by atoms with Gasteiger partial charge in [-0.1, -0.05) is 0 Å². The van der Waals surface area contributed by atoms with Gasteiger partial charge in [0.05, 0.1) is 0 Å². The van der Waals surface area contributed by atoms with Crippen molar-refractivity contribution in [1.82, 2.24) is 30.3 Å². The van der Waals surface area contributed by atoms with Crippen LogP contribution in [0.15, 0.2) is 0 Å². The number of likely N-dealkylation sites (N-methyl/N-ethyl adjacent to an activating group) is 1. The first-order chi connectivity index (χ1) is 9.72. The van der Waals surface area contributed by atoms with Crippen molar-refractivity contribution in [3.63, 3.8) is 0 Å². The average Bonchev–Trinajstić information content (AvgIpc) is 3.18. The highest BCUT2D eigenvalue weighted by atomic mass is 16.2. The van der Waals surface area contributed by atoms with Crippen LogP contribution in [0, 0.1) is 0 Å². The van der Waals surface area contributed by atoms with Gasteiger partial charge in [-0.25, -0.2) is 4.98 Å². The van der Waals surface area contributed by atoms with Gasteiger partial charge in [-0.05, 0) is 19.9 Å². The third-order valence-electron chi connectivity index (χ3n) is 3.98. The van der Waals surface area contributed by atoms with Crippen molar-refractivity contribution in [3.05, 3.63) is 11.6 Å². The normalized spacial score (nSPS) is 21.1. The third kappa shape index (κ3) is 3.34. The summed E-state index contributed by atoms with van der Waals surface area (Å²) < 4.78 is 0. The molecule has 1 amide bonds. The van der Waals surface area contributed by atoms with Crippen LogP contribution in [0.1, 0.15) is 35.2 Å². The Bertz CT molecular complexity index is 461. The highest BCUT2D eigenvalue weighted by Gasteiger charge is 2.28. The molecule has 3 rings (SSSR count). The molecule has 1 aromatic heterocycles. The van der Waals surface area contributed by atoms with Crippen molar-refractivity contribution >= 4 is 5.91 Å². The number of hydrogen-bond acceptors (Lipinski definition) is 5. The van der Waals surface area contributed by atoms with Crippen LogP contribution >= 0.6 is 0 Å². The fourth-order valence-electron chi connectivity index (χ4n) is 2.39. The molecule has 1 saturated carbocycles. The SMILES string of the molecule is CN1CCN(CCNC(=O)c2n[nH]c(C3CC3)n2)CC1. The molecule has 0 atom stereocenters. The van der Waals surface area contributed by atoms with Gasteiger partial charge in [0.1, 0.15) is 5.82 Å². The molecule has 7 nitrogen and oxygen atoms in total. The van der Waals surface area contributed by atoms with Crippen LogP contribution in [0.2, 0.25) is 0 Å². The number of carbonyl (C=O) groups is 1.